The van der Waals surface area contributed by atoms with Gasteiger partial charge in [-0.15, -0.1) is 0 Å². The Labute approximate surface area is 120 Å². The maximum atomic E-state index is 6.10. The lowest BCUT2D eigenvalue weighted by atomic mass is 10.0. The molecule has 0 unspecified atom stereocenters. The fourth-order valence-corrected chi connectivity index (χ4v) is 2.78. The van der Waals surface area contributed by atoms with Gasteiger partial charge in [-0.25, -0.2) is 0 Å². The van der Waals surface area contributed by atoms with Crippen molar-refractivity contribution in [2.75, 3.05) is 5.32 Å². The minimum Gasteiger partial charge on any atom is -0.487 e. The van der Waals surface area contributed by atoms with Crippen LogP contribution in [0, 0.1) is 6.92 Å². The van der Waals surface area contributed by atoms with Crippen molar-refractivity contribution in [2.45, 2.75) is 39.3 Å². The summed E-state index contributed by atoms with van der Waals surface area (Å²) in [6.45, 7) is 7.21. The topological polar surface area (TPSA) is 21.3 Å². The van der Waals surface area contributed by atoms with Crippen LogP contribution in [0.4, 0.5) is 5.69 Å². The Balaban J connectivity index is 1.80. The van der Waals surface area contributed by atoms with E-state index >= 15 is 0 Å². The average Bonchev–Trinajstić information content (AvgIpc) is 2.72. The van der Waals surface area contributed by atoms with E-state index in [2.05, 4.69) is 68.6 Å². The molecule has 0 fully saturated rings. The number of anilines is 1. The zero-order valence-corrected chi connectivity index (χ0v) is 12.4. The SMILES string of the molecule is Cc1ccccc1NCc1cccc2c1OC(C)(C)C2. The highest BCUT2D eigenvalue weighted by atomic mass is 16.5. The molecule has 0 spiro atoms. The summed E-state index contributed by atoms with van der Waals surface area (Å²) in [4.78, 5) is 0. The van der Waals surface area contributed by atoms with Crippen LogP contribution in [0.1, 0.15) is 30.5 Å². The third kappa shape index (κ3) is 2.51. The van der Waals surface area contributed by atoms with Crippen LogP contribution in [0.3, 0.4) is 0 Å². The number of hydrogen-bond acceptors (Lipinski definition) is 2. The molecular weight excluding hydrogens is 246 g/mol. The van der Waals surface area contributed by atoms with Crippen LogP contribution in [-0.4, -0.2) is 5.60 Å². The Kier molecular flexibility index (Phi) is 3.17. The first kappa shape index (κ1) is 13.0. The van der Waals surface area contributed by atoms with Crippen LogP contribution in [0.25, 0.3) is 0 Å². The molecule has 2 nitrogen and oxygen atoms in total. The minimum atomic E-state index is -0.0822. The minimum absolute atomic E-state index is 0.0822. The van der Waals surface area contributed by atoms with Crippen LogP contribution in [0.15, 0.2) is 42.5 Å². The molecule has 0 atom stereocenters. The van der Waals surface area contributed by atoms with E-state index < -0.39 is 0 Å². The molecule has 0 aromatic heterocycles. The molecule has 20 heavy (non-hydrogen) atoms. The third-order valence-corrected chi connectivity index (χ3v) is 3.79. The molecular formula is C18H21NO. The number of rotatable bonds is 3. The Morgan fingerprint density at radius 2 is 1.90 bits per heavy atom. The molecule has 1 aliphatic heterocycles. The van der Waals surface area contributed by atoms with Crippen molar-refractivity contribution in [3.63, 3.8) is 0 Å². The van der Waals surface area contributed by atoms with Crippen molar-refractivity contribution in [2.24, 2.45) is 0 Å². The average molecular weight is 267 g/mol. The Morgan fingerprint density at radius 1 is 1.10 bits per heavy atom. The normalized spacial score (nSPS) is 15.6. The summed E-state index contributed by atoms with van der Waals surface area (Å²) in [6, 6.07) is 14.8. The van der Waals surface area contributed by atoms with Crippen LogP contribution in [-0.2, 0) is 13.0 Å². The molecule has 3 rings (SSSR count). The summed E-state index contributed by atoms with van der Waals surface area (Å²) >= 11 is 0. The smallest absolute Gasteiger partial charge is 0.128 e. The Morgan fingerprint density at radius 3 is 2.70 bits per heavy atom. The van der Waals surface area contributed by atoms with E-state index in [1.807, 2.05) is 0 Å². The van der Waals surface area contributed by atoms with Gasteiger partial charge >= 0.3 is 0 Å². The fourth-order valence-electron chi connectivity index (χ4n) is 2.78. The van der Waals surface area contributed by atoms with Crippen LogP contribution in [0.2, 0.25) is 0 Å². The van der Waals surface area contributed by atoms with Crippen molar-refractivity contribution >= 4 is 5.69 Å². The standard InChI is InChI=1S/C18H21NO/c1-13-7-4-5-10-16(13)19-12-15-9-6-8-14-11-18(2,3)20-17(14)15/h4-10,19H,11-12H2,1-3H3. The maximum Gasteiger partial charge on any atom is 0.128 e. The van der Waals surface area contributed by atoms with E-state index in [4.69, 9.17) is 4.74 Å². The van der Waals surface area contributed by atoms with Crippen molar-refractivity contribution in [3.05, 3.63) is 59.2 Å². The predicted octanol–water partition coefficient (Wildman–Crippen LogP) is 4.32. The zero-order valence-electron chi connectivity index (χ0n) is 12.4. The van der Waals surface area contributed by atoms with Gasteiger partial charge in [0, 0.05) is 24.2 Å². The summed E-state index contributed by atoms with van der Waals surface area (Å²) < 4.78 is 6.10. The molecule has 2 aromatic carbocycles. The van der Waals surface area contributed by atoms with Crippen molar-refractivity contribution in [3.8, 4) is 5.75 Å². The molecule has 1 N–H and O–H groups in total. The fraction of sp³-hybridized carbons (Fsp3) is 0.333. The van der Waals surface area contributed by atoms with E-state index in [0.29, 0.717) is 0 Å². The molecule has 2 heteroatoms. The molecule has 0 aliphatic carbocycles. The lowest BCUT2D eigenvalue weighted by Crippen LogP contribution is -2.25. The number of nitrogens with one attached hydrogen (secondary N) is 1. The lowest BCUT2D eigenvalue weighted by molar-refractivity contribution is 0.137. The van der Waals surface area contributed by atoms with Gasteiger partial charge in [0.05, 0.1) is 0 Å². The first-order valence-corrected chi connectivity index (χ1v) is 7.14. The molecule has 2 aromatic rings. The second-order valence-electron chi connectivity index (χ2n) is 6.11. The molecule has 0 saturated heterocycles. The van der Waals surface area contributed by atoms with Gasteiger partial charge in [0.15, 0.2) is 0 Å². The van der Waals surface area contributed by atoms with Crippen molar-refractivity contribution in [1.82, 2.24) is 0 Å². The third-order valence-electron chi connectivity index (χ3n) is 3.79. The first-order chi connectivity index (χ1) is 9.55. The summed E-state index contributed by atoms with van der Waals surface area (Å²) in [5.74, 6) is 1.07. The summed E-state index contributed by atoms with van der Waals surface area (Å²) in [5, 5.41) is 3.51. The summed E-state index contributed by atoms with van der Waals surface area (Å²) in [5.41, 5.74) is 4.92. The second-order valence-corrected chi connectivity index (χ2v) is 6.11. The molecule has 1 aliphatic rings. The molecule has 0 amide bonds. The van der Waals surface area contributed by atoms with Gasteiger partial charge in [-0.2, -0.15) is 0 Å². The van der Waals surface area contributed by atoms with Crippen LogP contribution in [0.5, 0.6) is 5.75 Å². The van der Waals surface area contributed by atoms with Gasteiger partial charge < -0.3 is 10.1 Å². The first-order valence-electron chi connectivity index (χ1n) is 7.14. The largest absolute Gasteiger partial charge is 0.487 e. The number of hydrogen-bond donors (Lipinski definition) is 1. The predicted molar refractivity (Wildman–Crippen MR) is 83.4 cm³/mol. The Hall–Kier alpha value is -1.96. The molecule has 0 bridgehead atoms. The molecule has 0 radical (unpaired) electrons. The van der Waals surface area contributed by atoms with Gasteiger partial charge in [-0.1, -0.05) is 36.4 Å². The van der Waals surface area contributed by atoms with E-state index in [1.165, 1.54) is 22.4 Å². The highest BCUT2D eigenvalue weighted by Gasteiger charge is 2.31. The van der Waals surface area contributed by atoms with E-state index in [1.54, 1.807) is 0 Å². The van der Waals surface area contributed by atoms with Gasteiger partial charge in [0.2, 0.25) is 0 Å². The van der Waals surface area contributed by atoms with Gasteiger partial charge in [-0.3, -0.25) is 0 Å². The monoisotopic (exact) mass is 267 g/mol. The number of benzene rings is 2. The van der Waals surface area contributed by atoms with Gasteiger partial charge in [-0.05, 0) is 38.0 Å². The lowest BCUT2D eigenvalue weighted by Gasteiger charge is -2.18. The zero-order chi connectivity index (χ0) is 14.2. The summed E-state index contributed by atoms with van der Waals surface area (Å²) in [6.07, 6.45) is 0.987. The Bertz CT molecular complexity index is 631. The number of fused-ring (bicyclic) bond motifs is 1. The maximum absolute atomic E-state index is 6.10. The number of ether oxygens (including phenoxy) is 1. The highest BCUT2D eigenvalue weighted by Crippen LogP contribution is 2.37. The van der Waals surface area contributed by atoms with E-state index in [0.717, 1.165) is 18.7 Å². The molecule has 0 saturated carbocycles. The van der Waals surface area contributed by atoms with Gasteiger partial charge in [0.25, 0.3) is 0 Å². The van der Waals surface area contributed by atoms with Crippen LogP contribution >= 0.6 is 0 Å². The van der Waals surface area contributed by atoms with Crippen LogP contribution < -0.4 is 10.1 Å². The van der Waals surface area contributed by atoms with Crippen molar-refractivity contribution in [1.29, 1.82) is 0 Å². The number of aryl methyl sites for hydroxylation is 1. The van der Waals surface area contributed by atoms with E-state index in [-0.39, 0.29) is 5.60 Å². The second kappa shape index (κ2) is 4.86. The molecule has 1 heterocycles. The van der Waals surface area contributed by atoms with Crippen molar-refractivity contribution < 1.29 is 4.74 Å². The number of para-hydroxylation sites is 2. The molecule has 104 valence electrons. The quantitative estimate of drug-likeness (QED) is 0.894. The summed E-state index contributed by atoms with van der Waals surface area (Å²) in [7, 11) is 0. The van der Waals surface area contributed by atoms with Gasteiger partial charge in [0.1, 0.15) is 11.4 Å². The highest BCUT2D eigenvalue weighted by molar-refractivity contribution is 5.53. The van der Waals surface area contributed by atoms with E-state index in [9.17, 15) is 0 Å².